The van der Waals surface area contributed by atoms with Gasteiger partial charge in [-0.2, -0.15) is 5.26 Å². The van der Waals surface area contributed by atoms with E-state index >= 15 is 0 Å². The van der Waals surface area contributed by atoms with Gasteiger partial charge in [0.2, 0.25) is 5.91 Å². The van der Waals surface area contributed by atoms with Crippen LogP contribution in [0.4, 0.5) is 5.82 Å². The summed E-state index contributed by atoms with van der Waals surface area (Å²) in [7, 11) is 0. The summed E-state index contributed by atoms with van der Waals surface area (Å²) in [6, 6.07) is 6.10. The number of carbonyl (C=O) groups excluding carboxylic acids is 1. The number of hydrogen-bond donors (Lipinski definition) is 3. The molecule has 1 aliphatic heterocycles. The lowest BCUT2D eigenvalue weighted by Crippen LogP contribution is -2.56. The van der Waals surface area contributed by atoms with Crippen LogP contribution in [0.5, 0.6) is 0 Å². The average molecular weight is 465 g/mol. The van der Waals surface area contributed by atoms with Crippen molar-refractivity contribution < 1.29 is 9.90 Å². The Balaban J connectivity index is 0.00000103. The van der Waals surface area contributed by atoms with E-state index in [-0.39, 0.29) is 25.0 Å². The summed E-state index contributed by atoms with van der Waals surface area (Å²) in [5.74, 6) is 2.04. The molecule has 4 rings (SSSR count). The summed E-state index contributed by atoms with van der Waals surface area (Å²) in [6.07, 6.45) is 9.84. The second-order valence-corrected chi connectivity index (χ2v) is 8.98. The molecule has 2 heterocycles. The number of amides is 1. The van der Waals surface area contributed by atoms with Gasteiger partial charge in [-0.1, -0.05) is 6.58 Å². The number of nitrogens with two attached hydrogens (primary N) is 2. The maximum atomic E-state index is 12.5. The Labute approximate surface area is 202 Å². The Morgan fingerprint density at radius 3 is 2.59 bits per heavy atom. The van der Waals surface area contributed by atoms with Crippen LogP contribution in [0.1, 0.15) is 56.2 Å². The molecule has 0 aromatic carbocycles. The molecular formula is C26H36N6O2. The number of nitriles is 1. The van der Waals surface area contributed by atoms with E-state index in [0.29, 0.717) is 24.1 Å². The number of pyridine rings is 1. The van der Waals surface area contributed by atoms with Crippen LogP contribution in [-0.2, 0) is 4.79 Å². The fourth-order valence-electron chi connectivity index (χ4n) is 4.46. The molecule has 1 saturated heterocycles. The minimum absolute atomic E-state index is 0.0605. The molecule has 1 aromatic rings. The zero-order valence-corrected chi connectivity index (χ0v) is 20.0. The number of nitrogens with zero attached hydrogens (tertiary/aromatic N) is 4. The van der Waals surface area contributed by atoms with Crippen LogP contribution in [0.2, 0.25) is 0 Å². The number of aliphatic hydroxyl groups is 1. The zero-order chi connectivity index (χ0) is 24.7. The lowest BCUT2D eigenvalue weighted by atomic mass is 10.0. The van der Waals surface area contributed by atoms with E-state index in [1.54, 1.807) is 18.3 Å². The highest BCUT2D eigenvalue weighted by atomic mass is 16.3. The van der Waals surface area contributed by atoms with Crippen LogP contribution < -0.4 is 16.4 Å². The summed E-state index contributed by atoms with van der Waals surface area (Å²) in [5.41, 5.74) is 15.4. The van der Waals surface area contributed by atoms with Crippen molar-refractivity contribution in [2.24, 2.45) is 17.4 Å². The number of carbonyl (C=O) groups is 1. The summed E-state index contributed by atoms with van der Waals surface area (Å²) >= 11 is 0. The van der Waals surface area contributed by atoms with Crippen LogP contribution in [0.15, 0.2) is 42.8 Å². The van der Waals surface area contributed by atoms with E-state index < -0.39 is 0 Å². The minimum Gasteiger partial charge on any atom is -0.404 e. The molecule has 8 nitrogen and oxygen atoms in total. The van der Waals surface area contributed by atoms with Gasteiger partial charge in [-0.05, 0) is 55.9 Å². The number of allylic oxidation sites excluding steroid dienone is 3. The maximum Gasteiger partial charge on any atom is 0.225 e. The van der Waals surface area contributed by atoms with Gasteiger partial charge in [-0.25, -0.2) is 4.98 Å². The van der Waals surface area contributed by atoms with Crippen molar-refractivity contribution in [1.82, 2.24) is 9.88 Å². The average Bonchev–Trinajstić information content (AvgIpc) is 3.75. The van der Waals surface area contributed by atoms with Gasteiger partial charge < -0.3 is 26.4 Å². The molecule has 0 spiro atoms. The zero-order valence-electron chi connectivity index (χ0n) is 20.0. The Bertz CT molecular complexity index is 987. The fraction of sp³-hybridized carbons (Fsp3) is 0.500. The fourth-order valence-corrected chi connectivity index (χ4v) is 4.46. The number of hydrogen-bond acceptors (Lipinski definition) is 7. The Morgan fingerprint density at radius 1 is 1.32 bits per heavy atom. The largest absolute Gasteiger partial charge is 0.404 e. The van der Waals surface area contributed by atoms with Crippen LogP contribution in [0, 0.1) is 17.2 Å². The smallest absolute Gasteiger partial charge is 0.225 e. The molecule has 1 aromatic heterocycles. The van der Waals surface area contributed by atoms with Crippen molar-refractivity contribution in [1.29, 1.82) is 5.26 Å². The molecular weight excluding hydrogens is 428 g/mol. The number of anilines is 1. The van der Waals surface area contributed by atoms with Gasteiger partial charge in [0, 0.05) is 61.9 Å². The Morgan fingerprint density at radius 2 is 2.03 bits per heavy atom. The third kappa shape index (κ3) is 6.17. The molecule has 3 fully saturated rings. The van der Waals surface area contributed by atoms with Gasteiger partial charge >= 0.3 is 0 Å². The number of aliphatic hydroxyl groups excluding tert-OH is 1. The number of rotatable bonds is 8. The van der Waals surface area contributed by atoms with E-state index in [9.17, 15) is 9.90 Å². The van der Waals surface area contributed by atoms with Gasteiger partial charge in [-0.15, -0.1) is 0 Å². The molecule has 5 N–H and O–H groups in total. The second kappa shape index (κ2) is 11.7. The second-order valence-electron chi connectivity index (χ2n) is 8.98. The molecule has 0 radical (unpaired) electrons. The number of piperazine rings is 1. The van der Waals surface area contributed by atoms with E-state index in [0.717, 1.165) is 48.6 Å². The van der Waals surface area contributed by atoms with E-state index in [1.807, 2.05) is 11.0 Å². The van der Waals surface area contributed by atoms with Crippen molar-refractivity contribution >= 4 is 17.3 Å². The van der Waals surface area contributed by atoms with Gasteiger partial charge in [0.1, 0.15) is 5.82 Å². The maximum absolute atomic E-state index is 12.5. The molecule has 2 aliphatic carbocycles. The normalized spacial score (nSPS) is 20.8. The molecule has 1 unspecified atom stereocenters. The van der Waals surface area contributed by atoms with E-state index in [1.165, 1.54) is 19.8 Å². The Kier molecular flexibility index (Phi) is 8.72. The van der Waals surface area contributed by atoms with Crippen LogP contribution in [0.3, 0.4) is 0 Å². The molecule has 2 saturated carbocycles. The third-order valence-electron chi connectivity index (χ3n) is 6.48. The van der Waals surface area contributed by atoms with Crippen molar-refractivity contribution in [3.63, 3.8) is 0 Å². The summed E-state index contributed by atoms with van der Waals surface area (Å²) in [5, 5.41) is 16.5. The predicted octanol–water partition coefficient (Wildman–Crippen LogP) is 2.63. The summed E-state index contributed by atoms with van der Waals surface area (Å²) in [6.45, 7) is 7.27. The number of aromatic nitrogens is 1. The lowest BCUT2D eigenvalue weighted by molar-refractivity contribution is -0.135. The van der Waals surface area contributed by atoms with Gasteiger partial charge in [0.05, 0.1) is 24.4 Å². The third-order valence-corrected chi connectivity index (χ3v) is 6.48. The van der Waals surface area contributed by atoms with Crippen molar-refractivity contribution in [3.05, 3.63) is 54.0 Å². The summed E-state index contributed by atoms with van der Waals surface area (Å²) in [4.78, 5) is 21.9. The van der Waals surface area contributed by atoms with Gasteiger partial charge in [0.25, 0.3) is 0 Å². The first-order valence-electron chi connectivity index (χ1n) is 12.0. The first kappa shape index (κ1) is 25.3. The van der Waals surface area contributed by atoms with Crippen molar-refractivity contribution in [2.45, 2.75) is 51.0 Å². The molecule has 0 bridgehead atoms. The van der Waals surface area contributed by atoms with Gasteiger partial charge in [-0.3, -0.25) is 4.79 Å². The predicted molar refractivity (Wildman–Crippen MR) is 134 cm³/mol. The topological polar surface area (TPSA) is 132 Å². The first-order valence-corrected chi connectivity index (χ1v) is 12.0. The van der Waals surface area contributed by atoms with Gasteiger partial charge in [0.15, 0.2) is 0 Å². The highest BCUT2D eigenvalue weighted by Crippen LogP contribution is 2.43. The van der Waals surface area contributed by atoms with Crippen LogP contribution in [-0.4, -0.2) is 53.2 Å². The van der Waals surface area contributed by atoms with Crippen molar-refractivity contribution in [3.8, 4) is 6.07 Å². The monoisotopic (exact) mass is 464 g/mol. The van der Waals surface area contributed by atoms with Crippen molar-refractivity contribution in [2.75, 3.05) is 31.1 Å². The summed E-state index contributed by atoms with van der Waals surface area (Å²) < 4.78 is 0. The molecule has 8 heteroatoms. The Hall–Kier alpha value is -3.31. The SMILES string of the molecule is C=C/C(N)=C/C(=C\N)c1ccc(N2CCN(C(=O)CCO)C(C3CC3)C2)nc1C1CC1.CC#N. The highest BCUT2D eigenvalue weighted by Gasteiger charge is 2.41. The molecule has 34 heavy (non-hydrogen) atoms. The standard InChI is InChI=1S/C24H33N5O2.C2H3N/c1-2-19(26)13-18(14-25)20-7-8-22(27-24(20)17-5-6-17)28-10-11-29(23(31)9-12-30)21(15-28)16-3-4-16;1-2-3/h2,7-8,13-14,16-17,21,30H,1,3-6,9-12,15,25-26H2;1H3/b18-14+,19-13-;. The molecule has 1 atom stereocenters. The quantitative estimate of drug-likeness (QED) is 0.504. The van der Waals surface area contributed by atoms with E-state index in [2.05, 4.69) is 23.6 Å². The first-order chi connectivity index (χ1) is 16.5. The lowest BCUT2D eigenvalue weighted by Gasteiger charge is -2.42. The van der Waals surface area contributed by atoms with Crippen LogP contribution >= 0.6 is 0 Å². The van der Waals surface area contributed by atoms with Crippen LogP contribution in [0.25, 0.3) is 5.57 Å². The molecule has 1 amide bonds. The highest BCUT2D eigenvalue weighted by molar-refractivity contribution is 5.78. The van der Waals surface area contributed by atoms with E-state index in [4.69, 9.17) is 21.7 Å². The minimum atomic E-state index is -0.0913. The molecule has 3 aliphatic rings. The molecule has 182 valence electrons.